The molecule has 0 aliphatic carbocycles. The third-order valence-electron chi connectivity index (χ3n) is 2.37. The van der Waals surface area contributed by atoms with E-state index in [1.807, 2.05) is 0 Å². The summed E-state index contributed by atoms with van der Waals surface area (Å²) in [5.41, 5.74) is 0.513. The third kappa shape index (κ3) is 7.40. The fourth-order valence-electron chi connectivity index (χ4n) is 1.57. The van der Waals surface area contributed by atoms with Gasteiger partial charge in [0.15, 0.2) is 0 Å². The van der Waals surface area contributed by atoms with Crippen LogP contribution in [0, 0.1) is 0 Å². The minimum absolute atomic E-state index is 0.00747. The highest BCUT2D eigenvalue weighted by Gasteiger charge is 2.30. The van der Waals surface area contributed by atoms with Crippen LogP contribution in [0.3, 0.4) is 0 Å². The minimum Gasteiger partial charge on any atom is -0.406 e. The van der Waals surface area contributed by atoms with Crippen molar-refractivity contribution in [2.75, 3.05) is 25.6 Å². The lowest BCUT2D eigenvalue weighted by Gasteiger charge is -2.14. The van der Waals surface area contributed by atoms with Gasteiger partial charge in [0.1, 0.15) is 5.75 Å². The predicted molar refractivity (Wildman–Crippen MR) is 71.1 cm³/mol. The zero-order chi connectivity index (χ0) is 15.9. The van der Waals surface area contributed by atoms with E-state index < -0.39 is 6.36 Å². The third-order valence-corrected chi connectivity index (χ3v) is 2.37. The molecule has 0 radical (unpaired) electrons. The number of amides is 1. The Bertz CT molecular complexity index is 449. The van der Waals surface area contributed by atoms with Gasteiger partial charge in [-0.3, -0.25) is 4.79 Å². The van der Waals surface area contributed by atoms with Crippen LogP contribution in [0.15, 0.2) is 24.3 Å². The van der Waals surface area contributed by atoms with Gasteiger partial charge in [-0.25, -0.2) is 0 Å². The van der Waals surface area contributed by atoms with E-state index in [0.29, 0.717) is 12.3 Å². The number of hydrogen-bond donors (Lipinski definition) is 2. The molecule has 0 fully saturated rings. The zero-order valence-electron chi connectivity index (χ0n) is 11.7. The molecule has 2 N–H and O–H groups in total. The van der Waals surface area contributed by atoms with Crippen LogP contribution in [0.5, 0.6) is 5.75 Å². The van der Waals surface area contributed by atoms with Crippen LogP contribution in [-0.2, 0) is 9.53 Å². The van der Waals surface area contributed by atoms with Crippen LogP contribution >= 0.6 is 0 Å². The molecule has 8 heteroatoms. The largest absolute Gasteiger partial charge is 0.573 e. The van der Waals surface area contributed by atoms with Crippen LogP contribution in [0.25, 0.3) is 0 Å². The number of alkyl halides is 3. The highest BCUT2D eigenvalue weighted by molar-refractivity contribution is 5.80. The number of halogens is 3. The van der Waals surface area contributed by atoms with Crippen molar-refractivity contribution in [3.8, 4) is 5.75 Å². The van der Waals surface area contributed by atoms with Crippen molar-refractivity contribution in [2.45, 2.75) is 19.3 Å². The summed E-state index contributed by atoms with van der Waals surface area (Å²) in [6.07, 6.45) is -4.72. The Morgan fingerprint density at radius 3 is 2.43 bits per heavy atom. The summed E-state index contributed by atoms with van der Waals surface area (Å²) in [5.74, 6) is -0.554. The number of methoxy groups -OCH3 is 1. The highest BCUT2D eigenvalue weighted by Crippen LogP contribution is 2.23. The van der Waals surface area contributed by atoms with E-state index in [0.717, 1.165) is 0 Å². The second kappa shape index (κ2) is 7.72. The smallest absolute Gasteiger partial charge is 0.406 e. The van der Waals surface area contributed by atoms with Crippen molar-refractivity contribution in [3.05, 3.63) is 24.3 Å². The zero-order valence-corrected chi connectivity index (χ0v) is 11.7. The number of rotatable bonds is 7. The van der Waals surface area contributed by atoms with E-state index in [2.05, 4.69) is 15.4 Å². The van der Waals surface area contributed by atoms with Crippen LogP contribution in [0.2, 0.25) is 0 Å². The number of hydrogen-bond acceptors (Lipinski definition) is 4. The molecule has 1 unspecified atom stereocenters. The molecule has 1 rings (SSSR count). The van der Waals surface area contributed by atoms with E-state index >= 15 is 0 Å². The Balaban J connectivity index is 2.40. The lowest BCUT2D eigenvalue weighted by molar-refractivity contribution is -0.274. The Hall–Kier alpha value is -1.96. The molecule has 1 amide bonds. The Labute approximate surface area is 120 Å². The average molecular weight is 306 g/mol. The van der Waals surface area contributed by atoms with Crippen LogP contribution in [-0.4, -0.2) is 38.6 Å². The maximum absolute atomic E-state index is 12.0. The van der Waals surface area contributed by atoms with Gasteiger partial charge in [0.2, 0.25) is 5.91 Å². The first-order valence-electron chi connectivity index (χ1n) is 6.18. The van der Waals surface area contributed by atoms with Crippen molar-refractivity contribution in [1.82, 2.24) is 5.32 Å². The van der Waals surface area contributed by atoms with Crippen LogP contribution in [0.1, 0.15) is 6.92 Å². The second-order valence-corrected chi connectivity index (χ2v) is 4.35. The standard InChI is InChI=1S/C13H17F3N2O3/c1-9(8-20-2)18-12(19)7-17-10-3-5-11(6-4-10)21-13(14,15)16/h3-6,9,17H,7-8H2,1-2H3,(H,18,19). The van der Waals surface area contributed by atoms with Crippen molar-refractivity contribution in [1.29, 1.82) is 0 Å². The molecule has 1 aromatic rings. The molecule has 0 aliphatic rings. The quantitative estimate of drug-likeness (QED) is 0.810. The molecule has 118 valence electrons. The number of carbonyl (C=O) groups excluding carboxylic acids is 1. The monoisotopic (exact) mass is 306 g/mol. The fraction of sp³-hybridized carbons (Fsp3) is 0.462. The molecule has 21 heavy (non-hydrogen) atoms. The Kier molecular flexibility index (Phi) is 6.29. The summed E-state index contributed by atoms with van der Waals surface area (Å²) >= 11 is 0. The highest BCUT2D eigenvalue weighted by atomic mass is 19.4. The molecular formula is C13H17F3N2O3. The van der Waals surface area contributed by atoms with E-state index in [-0.39, 0.29) is 24.2 Å². The summed E-state index contributed by atoms with van der Waals surface area (Å²) in [5, 5.41) is 5.49. The summed E-state index contributed by atoms with van der Waals surface area (Å²) in [4.78, 5) is 11.6. The molecular weight excluding hydrogens is 289 g/mol. The van der Waals surface area contributed by atoms with Crippen molar-refractivity contribution >= 4 is 11.6 Å². The summed E-state index contributed by atoms with van der Waals surface area (Å²) < 4.78 is 44.6. The van der Waals surface area contributed by atoms with Gasteiger partial charge in [-0.05, 0) is 31.2 Å². The second-order valence-electron chi connectivity index (χ2n) is 4.35. The van der Waals surface area contributed by atoms with Gasteiger partial charge in [-0.15, -0.1) is 13.2 Å². The van der Waals surface area contributed by atoms with Crippen LogP contribution in [0.4, 0.5) is 18.9 Å². The molecule has 0 bridgehead atoms. The molecule has 0 saturated carbocycles. The fourth-order valence-corrected chi connectivity index (χ4v) is 1.57. The van der Waals surface area contributed by atoms with E-state index in [9.17, 15) is 18.0 Å². The van der Waals surface area contributed by atoms with Gasteiger partial charge in [0.25, 0.3) is 0 Å². The van der Waals surface area contributed by atoms with Gasteiger partial charge in [0, 0.05) is 18.8 Å². The first kappa shape index (κ1) is 17.1. The normalized spacial score (nSPS) is 12.6. The molecule has 0 aliphatic heterocycles. The van der Waals surface area contributed by atoms with E-state index in [1.165, 1.54) is 31.4 Å². The lowest BCUT2D eigenvalue weighted by atomic mass is 10.3. The molecule has 0 saturated heterocycles. The Morgan fingerprint density at radius 2 is 1.90 bits per heavy atom. The van der Waals surface area contributed by atoms with E-state index in [1.54, 1.807) is 6.92 Å². The molecule has 5 nitrogen and oxygen atoms in total. The number of benzene rings is 1. The van der Waals surface area contributed by atoms with Crippen molar-refractivity contribution in [3.63, 3.8) is 0 Å². The minimum atomic E-state index is -4.72. The lowest BCUT2D eigenvalue weighted by Crippen LogP contribution is -2.39. The van der Waals surface area contributed by atoms with Gasteiger partial charge in [0.05, 0.1) is 13.2 Å². The molecule has 0 spiro atoms. The van der Waals surface area contributed by atoms with Crippen molar-refractivity contribution < 1.29 is 27.4 Å². The summed E-state index contributed by atoms with van der Waals surface area (Å²) in [7, 11) is 1.53. The SMILES string of the molecule is COCC(C)NC(=O)CNc1ccc(OC(F)(F)F)cc1. The predicted octanol–water partition coefficient (Wildman–Crippen LogP) is 2.15. The Morgan fingerprint density at radius 1 is 1.29 bits per heavy atom. The van der Waals surface area contributed by atoms with Gasteiger partial charge in [-0.2, -0.15) is 0 Å². The maximum Gasteiger partial charge on any atom is 0.573 e. The van der Waals surface area contributed by atoms with Gasteiger partial charge in [-0.1, -0.05) is 0 Å². The van der Waals surface area contributed by atoms with Crippen LogP contribution < -0.4 is 15.4 Å². The molecule has 1 aromatic carbocycles. The number of carbonyl (C=O) groups is 1. The van der Waals surface area contributed by atoms with Crippen molar-refractivity contribution in [2.24, 2.45) is 0 Å². The molecule has 0 aromatic heterocycles. The number of ether oxygens (including phenoxy) is 2. The van der Waals surface area contributed by atoms with Gasteiger partial charge >= 0.3 is 6.36 Å². The molecule has 1 atom stereocenters. The first-order valence-corrected chi connectivity index (χ1v) is 6.18. The maximum atomic E-state index is 12.0. The summed E-state index contributed by atoms with van der Waals surface area (Å²) in [6, 6.07) is 5.01. The number of nitrogens with one attached hydrogen (secondary N) is 2. The average Bonchev–Trinajstić information content (AvgIpc) is 2.36. The first-order chi connectivity index (χ1) is 9.80. The number of anilines is 1. The molecule has 0 heterocycles. The summed E-state index contributed by atoms with van der Waals surface area (Å²) in [6.45, 7) is 2.20. The topological polar surface area (TPSA) is 59.6 Å². The van der Waals surface area contributed by atoms with Gasteiger partial charge < -0.3 is 20.1 Å². The van der Waals surface area contributed by atoms with E-state index in [4.69, 9.17) is 4.74 Å².